The van der Waals surface area contributed by atoms with Gasteiger partial charge in [0, 0.05) is 23.9 Å². The molecule has 4 nitrogen and oxygen atoms in total. The summed E-state index contributed by atoms with van der Waals surface area (Å²) in [7, 11) is 0. The average Bonchev–Trinajstić information content (AvgIpc) is 3.39. The lowest BCUT2D eigenvalue weighted by molar-refractivity contribution is -0.122. The Morgan fingerprint density at radius 2 is 1.85 bits per heavy atom. The summed E-state index contributed by atoms with van der Waals surface area (Å²) in [5.74, 6) is 0.0853. The fourth-order valence-corrected chi connectivity index (χ4v) is 5.28. The van der Waals surface area contributed by atoms with Crippen LogP contribution in [-0.2, 0) is 4.79 Å². The molecule has 1 aliphatic rings. The summed E-state index contributed by atoms with van der Waals surface area (Å²) >= 11 is 6.91. The Morgan fingerprint density at radius 3 is 2.53 bits per heavy atom. The van der Waals surface area contributed by atoms with Crippen LogP contribution in [0.25, 0.3) is 23.0 Å². The number of benzene rings is 2. The Labute approximate surface area is 209 Å². The molecule has 0 saturated carbocycles. The van der Waals surface area contributed by atoms with Crippen LogP contribution in [0.4, 0.5) is 4.39 Å². The first kappa shape index (κ1) is 24.4. The van der Waals surface area contributed by atoms with Crippen molar-refractivity contribution in [2.45, 2.75) is 39.5 Å². The molecular weight excluding hydrogens is 465 g/mol. The molecule has 34 heavy (non-hydrogen) atoms. The number of carbonyl (C=O) groups excluding carboxylic acids is 1. The fourth-order valence-electron chi connectivity index (χ4n) is 4.01. The lowest BCUT2D eigenvalue weighted by Gasteiger charge is -2.21. The van der Waals surface area contributed by atoms with E-state index in [9.17, 15) is 9.18 Å². The highest BCUT2D eigenvalue weighted by Gasteiger charge is 2.33. The number of amides is 1. The van der Waals surface area contributed by atoms with Crippen LogP contribution in [0.15, 0.2) is 65.7 Å². The van der Waals surface area contributed by atoms with Crippen molar-refractivity contribution in [1.82, 2.24) is 14.7 Å². The van der Waals surface area contributed by atoms with E-state index in [1.54, 1.807) is 21.7 Å². The summed E-state index contributed by atoms with van der Waals surface area (Å²) < 4.78 is 15.9. The first-order chi connectivity index (χ1) is 16.5. The molecule has 4 rings (SSSR count). The summed E-state index contributed by atoms with van der Waals surface area (Å²) in [6.45, 7) is 5.01. The second kappa shape index (κ2) is 11.1. The van der Waals surface area contributed by atoms with Crippen molar-refractivity contribution in [3.8, 4) is 16.9 Å². The normalized spacial score (nSPS) is 16.0. The molecule has 1 aromatic heterocycles. The van der Waals surface area contributed by atoms with E-state index in [1.165, 1.54) is 23.9 Å². The van der Waals surface area contributed by atoms with E-state index in [1.807, 2.05) is 42.6 Å². The van der Waals surface area contributed by atoms with E-state index in [4.69, 9.17) is 17.3 Å². The second-order valence-electron chi connectivity index (χ2n) is 8.43. The van der Waals surface area contributed by atoms with Crippen molar-refractivity contribution in [1.29, 1.82) is 0 Å². The highest BCUT2D eigenvalue weighted by atomic mass is 32.2. The SMILES string of the molecule is CCCC[C@H](CC)CN1C(=O)/C(=C/c2cn(-c3ccccc3)nc2-c2ccc(F)cc2)SC1=S. The number of thiocarbonyl (C=S) groups is 1. The third-order valence-electron chi connectivity index (χ3n) is 6.03. The van der Waals surface area contributed by atoms with Gasteiger partial charge < -0.3 is 0 Å². The van der Waals surface area contributed by atoms with Gasteiger partial charge >= 0.3 is 0 Å². The quantitative estimate of drug-likeness (QED) is 0.235. The van der Waals surface area contributed by atoms with Crippen LogP contribution in [0.1, 0.15) is 45.1 Å². The number of nitrogens with zero attached hydrogens (tertiary/aromatic N) is 3. The summed E-state index contributed by atoms with van der Waals surface area (Å²) in [5, 5.41) is 4.76. The maximum absolute atomic E-state index is 13.5. The molecule has 1 amide bonds. The van der Waals surface area contributed by atoms with E-state index in [2.05, 4.69) is 13.8 Å². The third kappa shape index (κ3) is 5.47. The standard InChI is InChI=1S/C27H28FN3OS2/c1-3-5-9-19(4-2)17-30-26(32)24(34-27(30)33)16-21-18-31(23-10-7-6-8-11-23)29-25(21)20-12-14-22(28)15-13-20/h6-8,10-16,18-19H,3-5,9,17H2,1-2H3/b24-16-/t19-/m0/s1. The van der Waals surface area contributed by atoms with E-state index in [-0.39, 0.29) is 11.7 Å². The number of unbranched alkanes of at least 4 members (excludes halogenated alkanes) is 1. The lowest BCUT2D eigenvalue weighted by Crippen LogP contribution is -2.33. The second-order valence-corrected chi connectivity index (χ2v) is 10.1. The van der Waals surface area contributed by atoms with Gasteiger partial charge in [0.2, 0.25) is 0 Å². The topological polar surface area (TPSA) is 38.1 Å². The van der Waals surface area contributed by atoms with E-state index in [0.717, 1.165) is 42.5 Å². The molecule has 3 aromatic rings. The zero-order chi connectivity index (χ0) is 24.1. The molecule has 0 unspecified atom stereocenters. The van der Waals surface area contributed by atoms with Gasteiger partial charge in [-0.3, -0.25) is 9.69 Å². The smallest absolute Gasteiger partial charge is 0.266 e. The molecule has 1 atom stereocenters. The van der Waals surface area contributed by atoms with Gasteiger partial charge in [0.25, 0.3) is 5.91 Å². The number of para-hydroxylation sites is 1. The van der Waals surface area contributed by atoms with Crippen molar-refractivity contribution >= 4 is 40.3 Å². The molecular formula is C27H28FN3OS2. The van der Waals surface area contributed by atoms with Crippen molar-refractivity contribution in [3.05, 3.63) is 77.1 Å². The molecule has 0 bridgehead atoms. The van der Waals surface area contributed by atoms with Gasteiger partial charge in [0.1, 0.15) is 10.1 Å². The number of rotatable bonds is 9. The first-order valence-corrected chi connectivity index (χ1v) is 12.9. The molecule has 0 spiro atoms. The van der Waals surface area contributed by atoms with Crippen LogP contribution >= 0.6 is 24.0 Å². The Bertz CT molecular complexity index is 1190. The van der Waals surface area contributed by atoms with Crippen LogP contribution in [0, 0.1) is 11.7 Å². The van der Waals surface area contributed by atoms with Crippen molar-refractivity contribution in [3.63, 3.8) is 0 Å². The van der Waals surface area contributed by atoms with E-state index >= 15 is 0 Å². The zero-order valence-corrected chi connectivity index (χ0v) is 21.0. The van der Waals surface area contributed by atoms with Crippen LogP contribution in [0.5, 0.6) is 0 Å². The monoisotopic (exact) mass is 493 g/mol. The number of hydrogen-bond acceptors (Lipinski definition) is 4. The molecule has 1 aliphatic heterocycles. The van der Waals surface area contributed by atoms with E-state index < -0.39 is 0 Å². The van der Waals surface area contributed by atoms with Crippen molar-refractivity contribution in [2.75, 3.05) is 6.54 Å². The molecule has 1 fully saturated rings. The van der Waals surface area contributed by atoms with Gasteiger partial charge in [-0.15, -0.1) is 0 Å². The predicted molar refractivity (Wildman–Crippen MR) is 142 cm³/mol. The van der Waals surface area contributed by atoms with E-state index in [0.29, 0.717) is 27.4 Å². The largest absolute Gasteiger partial charge is 0.293 e. The lowest BCUT2D eigenvalue weighted by atomic mass is 9.99. The summed E-state index contributed by atoms with van der Waals surface area (Å²) in [5.41, 5.74) is 3.15. The first-order valence-electron chi connectivity index (χ1n) is 11.7. The molecule has 0 aliphatic carbocycles. The minimum atomic E-state index is -0.304. The fraction of sp³-hybridized carbons (Fsp3) is 0.296. The van der Waals surface area contributed by atoms with Gasteiger partial charge in [-0.25, -0.2) is 9.07 Å². The molecule has 0 N–H and O–H groups in total. The van der Waals surface area contributed by atoms with Gasteiger partial charge in [-0.2, -0.15) is 5.10 Å². The Kier molecular flexibility index (Phi) is 7.95. The highest BCUT2D eigenvalue weighted by molar-refractivity contribution is 8.26. The maximum Gasteiger partial charge on any atom is 0.266 e. The number of thioether (sulfide) groups is 1. The molecule has 176 valence electrons. The maximum atomic E-state index is 13.5. The molecule has 7 heteroatoms. The minimum absolute atomic E-state index is 0.0533. The van der Waals surface area contributed by atoms with Crippen LogP contribution in [-0.4, -0.2) is 31.5 Å². The molecule has 1 saturated heterocycles. The number of aromatic nitrogens is 2. The Balaban J connectivity index is 1.67. The van der Waals surface area contributed by atoms with Crippen LogP contribution < -0.4 is 0 Å². The predicted octanol–water partition coefficient (Wildman–Crippen LogP) is 7.10. The summed E-state index contributed by atoms with van der Waals surface area (Å²) in [4.78, 5) is 15.6. The third-order valence-corrected chi connectivity index (χ3v) is 7.40. The minimum Gasteiger partial charge on any atom is -0.293 e. The average molecular weight is 494 g/mol. The highest BCUT2D eigenvalue weighted by Crippen LogP contribution is 2.36. The van der Waals surface area contributed by atoms with Gasteiger partial charge in [0.05, 0.1) is 16.3 Å². The summed E-state index contributed by atoms with van der Waals surface area (Å²) in [6, 6.07) is 16.0. The van der Waals surface area contributed by atoms with Crippen molar-refractivity contribution < 1.29 is 9.18 Å². The van der Waals surface area contributed by atoms with Gasteiger partial charge in [-0.05, 0) is 54.8 Å². The zero-order valence-electron chi connectivity index (χ0n) is 19.4. The Hall–Kier alpha value is -2.77. The van der Waals surface area contributed by atoms with Gasteiger partial charge in [-0.1, -0.05) is 75.3 Å². The number of halogens is 1. The van der Waals surface area contributed by atoms with Gasteiger partial charge in [0.15, 0.2) is 0 Å². The molecule has 0 radical (unpaired) electrons. The molecule has 2 aromatic carbocycles. The Morgan fingerprint density at radius 1 is 1.12 bits per heavy atom. The van der Waals surface area contributed by atoms with Crippen LogP contribution in [0.3, 0.4) is 0 Å². The van der Waals surface area contributed by atoms with Crippen LogP contribution in [0.2, 0.25) is 0 Å². The number of hydrogen-bond donors (Lipinski definition) is 0. The molecule has 2 heterocycles. The number of carbonyl (C=O) groups is 1. The van der Waals surface area contributed by atoms with Crippen molar-refractivity contribution in [2.24, 2.45) is 5.92 Å². The summed E-state index contributed by atoms with van der Waals surface area (Å²) in [6.07, 6.45) is 8.18.